The molecule has 0 radical (unpaired) electrons. The fourth-order valence-corrected chi connectivity index (χ4v) is 2.14. The van der Waals surface area contributed by atoms with Crippen LogP contribution in [0.1, 0.15) is 12.0 Å². The Hall–Kier alpha value is -2.50. The Morgan fingerprint density at radius 1 is 1.30 bits per heavy atom. The van der Waals surface area contributed by atoms with E-state index >= 15 is 0 Å². The van der Waals surface area contributed by atoms with Crippen LogP contribution in [0.15, 0.2) is 24.4 Å². The molecule has 20 heavy (non-hydrogen) atoms. The molecule has 6 nitrogen and oxygen atoms in total. The maximum absolute atomic E-state index is 10.9. The number of methoxy groups -OCH3 is 1. The van der Waals surface area contributed by atoms with Gasteiger partial charge >= 0.3 is 11.9 Å². The third-order valence-corrected chi connectivity index (χ3v) is 3.27. The number of nitrogens with one attached hydrogen (secondary N) is 1. The zero-order chi connectivity index (χ0) is 14.7. The summed E-state index contributed by atoms with van der Waals surface area (Å²) in [5.74, 6) is -3.30. The molecular formula is C14H15NO5. The van der Waals surface area contributed by atoms with Crippen molar-refractivity contribution in [1.82, 2.24) is 4.98 Å². The molecule has 0 aliphatic carbocycles. The predicted molar refractivity (Wildman–Crippen MR) is 71.9 cm³/mol. The van der Waals surface area contributed by atoms with Crippen LogP contribution in [-0.4, -0.2) is 34.2 Å². The zero-order valence-corrected chi connectivity index (χ0v) is 10.9. The molecule has 2 rings (SSSR count). The summed E-state index contributed by atoms with van der Waals surface area (Å²) in [5, 5.41) is 18.6. The SMILES string of the molecule is COc1ccc2[nH]cc(CCC(C(=O)O)C(=O)O)c2c1. The number of ether oxygens (including phenoxy) is 1. The Kier molecular flexibility index (Phi) is 3.93. The van der Waals surface area contributed by atoms with Crippen molar-refractivity contribution >= 4 is 22.8 Å². The number of aromatic nitrogens is 1. The van der Waals surface area contributed by atoms with Gasteiger partial charge in [-0.3, -0.25) is 9.59 Å². The lowest BCUT2D eigenvalue weighted by atomic mass is 9.99. The number of rotatable bonds is 6. The molecule has 2 aromatic rings. The monoisotopic (exact) mass is 277 g/mol. The highest BCUT2D eigenvalue weighted by atomic mass is 16.5. The van der Waals surface area contributed by atoms with E-state index in [1.165, 1.54) is 0 Å². The largest absolute Gasteiger partial charge is 0.497 e. The molecule has 1 aromatic carbocycles. The number of carboxylic acid groups (broad SMARTS) is 2. The number of H-pyrrole nitrogens is 1. The topological polar surface area (TPSA) is 99.6 Å². The lowest BCUT2D eigenvalue weighted by Gasteiger charge is -2.06. The number of hydrogen-bond donors (Lipinski definition) is 3. The normalized spacial score (nSPS) is 10.9. The average Bonchev–Trinajstić information content (AvgIpc) is 2.80. The van der Waals surface area contributed by atoms with Crippen molar-refractivity contribution in [3.63, 3.8) is 0 Å². The molecule has 0 bridgehead atoms. The summed E-state index contributed by atoms with van der Waals surface area (Å²) >= 11 is 0. The molecule has 0 saturated carbocycles. The molecule has 6 heteroatoms. The third kappa shape index (κ3) is 2.74. The van der Waals surface area contributed by atoms with E-state index in [4.69, 9.17) is 14.9 Å². The van der Waals surface area contributed by atoms with Gasteiger partial charge in [0.05, 0.1) is 7.11 Å². The summed E-state index contributed by atoms with van der Waals surface area (Å²) in [7, 11) is 1.57. The lowest BCUT2D eigenvalue weighted by Crippen LogP contribution is -2.23. The predicted octanol–water partition coefficient (Wildman–Crippen LogP) is 1.89. The molecule has 0 atom stereocenters. The van der Waals surface area contributed by atoms with Crippen molar-refractivity contribution in [3.05, 3.63) is 30.0 Å². The Morgan fingerprint density at radius 3 is 2.60 bits per heavy atom. The summed E-state index contributed by atoms with van der Waals surface area (Å²) in [5.41, 5.74) is 1.79. The summed E-state index contributed by atoms with van der Waals surface area (Å²) in [6.45, 7) is 0. The number of aliphatic carboxylic acids is 2. The summed E-state index contributed by atoms with van der Waals surface area (Å²) in [4.78, 5) is 24.8. The first-order valence-corrected chi connectivity index (χ1v) is 6.12. The Bertz CT molecular complexity index is 632. The molecule has 1 aromatic heterocycles. The van der Waals surface area contributed by atoms with Crippen LogP contribution in [0.2, 0.25) is 0 Å². The second-order valence-corrected chi connectivity index (χ2v) is 4.49. The number of fused-ring (bicyclic) bond motifs is 1. The number of aromatic amines is 1. The van der Waals surface area contributed by atoms with E-state index < -0.39 is 17.9 Å². The second kappa shape index (κ2) is 5.64. The van der Waals surface area contributed by atoms with E-state index in [2.05, 4.69) is 4.98 Å². The minimum Gasteiger partial charge on any atom is -0.497 e. The highest BCUT2D eigenvalue weighted by Crippen LogP contribution is 2.25. The molecule has 0 aliphatic rings. The maximum Gasteiger partial charge on any atom is 0.317 e. The van der Waals surface area contributed by atoms with Gasteiger partial charge in [0.25, 0.3) is 0 Å². The van der Waals surface area contributed by atoms with E-state index in [1.54, 1.807) is 13.3 Å². The number of hydrogen-bond acceptors (Lipinski definition) is 3. The summed E-state index contributed by atoms with van der Waals surface area (Å²) in [6.07, 6.45) is 2.19. The van der Waals surface area contributed by atoms with E-state index in [0.717, 1.165) is 16.5 Å². The molecule has 0 amide bonds. The van der Waals surface area contributed by atoms with E-state index in [1.807, 2.05) is 18.2 Å². The summed E-state index contributed by atoms with van der Waals surface area (Å²) < 4.78 is 5.15. The van der Waals surface area contributed by atoms with Crippen molar-refractivity contribution in [2.45, 2.75) is 12.8 Å². The van der Waals surface area contributed by atoms with Crippen LogP contribution in [0.3, 0.4) is 0 Å². The minimum atomic E-state index is -1.38. The van der Waals surface area contributed by atoms with Crippen molar-refractivity contribution < 1.29 is 24.5 Å². The highest BCUT2D eigenvalue weighted by molar-refractivity contribution is 5.93. The Morgan fingerprint density at radius 2 is 2.00 bits per heavy atom. The van der Waals surface area contributed by atoms with Crippen molar-refractivity contribution in [2.24, 2.45) is 5.92 Å². The molecule has 3 N–H and O–H groups in total. The second-order valence-electron chi connectivity index (χ2n) is 4.49. The fraction of sp³-hybridized carbons (Fsp3) is 0.286. The fourth-order valence-electron chi connectivity index (χ4n) is 2.14. The quantitative estimate of drug-likeness (QED) is 0.700. The zero-order valence-electron chi connectivity index (χ0n) is 10.9. The molecule has 0 aliphatic heterocycles. The number of carbonyl (C=O) groups is 2. The first kappa shape index (κ1) is 13.9. The average molecular weight is 277 g/mol. The molecular weight excluding hydrogens is 262 g/mol. The van der Waals surface area contributed by atoms with Gasteiger partial charge in [-0.25, -0.2) is 0 Å². The standard InChI is InChI=1S/C14H15NO5/c1-20-9-3-5-12-11(6-9)8(7-15-12)2-4-10(13(16)17)14(18)19/h3,5-7,10,15H,2,4H2,1H3,(H,16,17)(H,18,19). The van der Waals surface area contributed by atoms with Crippen LogP contribution in [0.25, 0.3) is 10.9 Å². The van der Waals surface area contributed by atoms with Gasteiger partial charge < -0.3 is 19.9 Å². The van der Waals surface area contributed by atoms with Crippen LogP contribution in [-0.2, 0) is 16.0 Å². The third-order valence-electron chi connectivity index (χ3n) is 3.27. The first-order valence-electron chi connectivity index (χ1n) is 6.12. The van der Waals surface area contributed by atoms with Gasteiger partial charge in [-0.05, 0) is 36.6 Å². The van der Waals surface area contributed by atoms with Crippen LogP contribution in [0.5, 0.6) is 5.75 Å². The van der Waals surface area contributed by atoms with Gasteiger partial charge in [0, 0.05) is 17.1 Å². The molecule has 0 spiro atoms. The number of benzene rings is 1. The van der Waals surface area contributed by atoms with Gasteiger partial charge in [-0.1, -0.05) is 0 Å². The van der Waals surface area contributed by atoms with E-state index in [-0.39, 0.29) is 6.42 Å². The minimum absolute atomic E-state index is 0.0504. The lowest BCUT2D eigenvalue weighted by molar-refractivity contribution is -0.154. The van der Waals surface area contributed by atoms with Gasteiger partial charge in [0.1, 0.15) is 5.75 Å². The number of aryl methyl sites for hydroxylation is 1. The maximum atomic E-state index is 10.9. The van der Waals surface area contributed by atoms with Gasteiger partial charge in [-0.2, -0.15) is 0 Å². The van der Waals surface area contributed by atoms with Crippen LogP contribution in [0, 0.1) is 5.92 Å². The van der Waals surface area contributed by atoms with Crippen LogP contribution in [0.4, 0.5) is 0 Å². The molecule has 0 fully saturated rings. The highest BCUT2D eigenvalue weighted by Gasteiger charge is 2.25. The Balaban J connectivity index is 2.21. The van der Waals surface area contributed by atoms with E-state index in [9.17, 15) is 9.59 Å². The smallest absolute Gasteiger partial charge is 0.317 e. The van der Waals surface area contributed by atoms with Crippen molar-refractivity contribution in [2.75, 3.05) is 7.11 Å². The first-order chi connectivity index (χ1) is 9.52. The Labute approximate surface area is 115 Å². The molecule has 0 saturated heterocycles. The van der Waals surface area contributed by atoms with Crippen molar-refractivity contribution in [1.29, 1.82) is 0 Å². The van der Waals surface area contributed by atoms with Crippen molar-refractivity contribution in [3.8, 4) is 5.75 Å². The van der Waals surface area contributed by atoms with Gasteiger partial charge in [0.15, 0.2) is 5.92 Å². The van der Waals surface area contributed by atoms with Gasteiger partial charge in [-0.15, -0.1) is 0 Å². The van der Waals surface area contributed by atoms with Crippen LogP contribution < -0.4 is 4.74 Å². The molecule has 0 unspecified atom stereocenters. The van der Waals surface area contributed by atoms with Crippen LogP contribution >= 0.6 is 0 Å². The van der Waals surface area contributed by atoms with E-state index in [0.29, 0.717) is 12.2 Å². The van der Waals surface area contributed by atoms with Gasteiger partial charge in [0.2, 0.25) is 0 Å². The molecule has 1 heterocycles. The molecule has 106 valence electrons. The summed E-state index contributed by atoms with van der Waals surface area (Å²) in [6, 6.07) is 5.53. The number of carboxylic acids is 2.